The van der Waals surface area contributed by atoms with Gasteiger partial charge in [-0.2, -0.15) is 0 Å². The molecule has 0 heterocycles. The molecule has 2 aromatic rings. The average Bonchev–Trinajstić information content (AvgIpc) is 2.47. The van der Waals surface area contributed by atoms with E-state index in [2.05, 4.69) is 21.1 Å². The number of nitrogens with two attached hydrogens (primary N) is 1. The van der Waals surface area contributed by atoms with Gasteiger partial charge in [-0.15, -0.1) is 0 Å². The number of oxime groups is 1. The Hall–Kier alpha value is -2.61. The molecule has 0 bridgehead atoms. The van der Waals surface area contributed by atoms with Crippen molar-refractivity contribution in [2.24, 2.45) is 10.9 Å². The fourth-order valence-electron chi connectivity index (χ4n) is 1.66. The first-order chi connectivity index (χ1) is 10.0. The summed E-state index contributed by atoms with van der Waals surface area (Å²) >= 11 is 3.27. The van der Waals surface area contributed by atoms with Crippen molar-refractivity contribution in [1.29, 1.82) is 0 Å². The smallest absolute Gasteiger partial charge is 0.311 e. The van der Waals surface area contributed by atoms with E-state index in [1.165, 1.54) is 18.2 Å². The molecule has 0 aliphatic heterocycles. The zero-order chi connectivity index (χ0) is 15.4. The summed E-state index contributed by atoms with van der Waals surface area (Å²) in [4.78, 5) is 10.4. The Morgan fingerprint density at radius 1 is 1.29 bits per heavy atom. The van der Waals surface area contributed by atoms with Crippen molar-refractivity contribution < 1.29 is 14.9 Å². The highest BCUT2D eigenvalue weighted by Gasteiger charge is 2.17. The van der Waals surface area contributed by atoms with Crippen molar-refractivity contribution in [2.75, 3.05) is 0 Å². The van der Waals surface area contributed by atoms with E-state index >= 15 is 0 Å². The lowest BCUT2D eigenvalue weighted by molar-refractivity contribution is -0.385. The van der Waals surface area contributed by atoms with Crippen LogP contribution in [0.4, 0.5) is 5.69 Å². The Balaban J connectivity index is 2.49. The Bertz CT molecular complexity index is 718. The lowest BCUT2D eigenvalue weighted by Gasteiger charge is -2.11. The zero-order valence-corrected chi connectivity index (χ0v) is 12.1. The van der Waals surface area contributed by atoms with Crippen LogP contribution in [-0.2, 0) is 0 Å². The second-order valence-electron chi connectivity index (χ2n) is 3.95. The maximum Gasteiger partial charge on any atom is 0.311 e. The van der Waals surface area contributed by atoms with Crippen molar-refractivity contribution in [3.05, 3.63) is 62.6 Å². The topological polar surface area (TPSA) is 111 Å². The number of ether oxygens (including phenoxy) is 1. The van der Waals surface area contributed by atoms with Crippen molar-refractivity contribution >= 4 is 27.5 Å². The SMILES string of the molecule is N/C(=N/O)c1ccc(Br)cc1Oc1ccccc1[N+](=O)[O-]. The number of nitrogens with zero attached hydrogens (tertiary/aromatic N) is 2. The highest BCUT2D eigenvalue weighted by atomic mass is 79.9. The number of amidine groups is 1. The first-order valence-corrected chi connectivity index (χ1v) is 6.51. The van der Waals surface area contributed by atoms with Crippen LogP contribution in [0.5, 0.6) is 11.5 Å². The van der Waals surface area contributed by atoms with E-state index in [-0.39, 0.29) is 23.0 Å². The molecule has 108 valence electrons. The minimum absolute atomic E-state index is 0.0626. The summed E-state index contributed by atoms with van der Waals surface area (Å²) in [6.07, 6.45) is 0. The van der Waals surface area contributed by atoms with E-state index in [0.29, 0.717) is 10.0 Å². The maximum atomic E-state index is 11.0. The molecule has 0 aliphatic rings. The van der Waals surface area contributed by atoms with Crippen LogP contribution in [0.2, 0.25) is 0 Å². The van der Waals surface area contributed by atoms with Crippen molar-refractivity contribution in [2.45, 2.75) is 0 Å². The predicted molar refractivity (Wildman–Crippen MR) is 79.8 cm³/mol. The van der Waals surface area contributed by atoms with Gasteiger partial charge in [-0.1, -0.05) is 33.2 Å². The third-order valence-electron chi connectivity index (χ3n) is 2.61. The molecule has 2 rings (SSSR count). The summed E-state index contributed by atoms with van der Waals surface area (Å²) in [5, 5.41) is 22.7. The number of hydrogen-bond acceptors (Lipinski definition) is 5. The molecule has 0 aromatic heterocycles. The van der Waals surface area contributed by atoms with Crippen LogP contribution in [0.25, 0.3) is 0 Å². The molecular formula is C13H10BrN3O4. The quantitative estimate of drug-likeness (QED) is 0.288. The molecule has 0 aliphatic carbocycles. The van der Waals surface area contributed by atoms with Crippen LogP contribution in [0, 0.1) is 10.1 Å². The molecular weight excluding hydrogens is 342 g/mol. The molecule has 2 aromatic carbocycles. The molecule has 0 unspecified atom stereocenters. The summed E-state index contributed by atoms with van der Waals surface area (Å²) < 4.78 is 6.25. The number of nitro groups is 1. The fraction of sp³-hybridized carbons (Fsp3) is 0. The van der Waals surface area contributed by atoms with Gasteiger partial charge in [-0.05, 0) is 24.3 Å². The van der Waals surface area contributed by atoms with Gasteiger partial charge in [-0.25, -0.2) is 0 Å². The molecule has 0 amide bonds. The summed E-state index contributed by atoms with van der Waals surface area (Å²) in [5.41, 5.74) is 5.71. The van der Waals surface area contributed by atoms with Crippen LogP contribution in [0.1, 0.15) is 5.56 Å². The van der Waals surface area contributed by atoms with Gasteiger partial charge >= 0.3 is 5.69 Å². The van der Waals surface area contributed by atoms with E-state index in [1.54, 1.807) is 24.3 Å². The molecule has 7 nitrogen and oxygen atoms in total. The van der Waals surface area contributed by atoms with E-state index in [4.69, 9.17) is 15.7 Å². The van der Waals surface area contributed by atoms with Gasteiger partial charge in [0, 0.05) is 10.5 Å². The van der Waals surface area contributed by atoms with Gasteiger partial charge in [0.1, 0.15) is 5.75 Å². The zero-order valence-electron chi connectivity index (χ0n) is 10.6. The second kappa shape index (κ2) is 6.23. The van der Waals surface area contributed by atoms with Gasteiger partial charge in [0.15, 0.2) is 5.84 Å². The van der Waals surface area contributed by atoms with Crippen LogP contribution in [-0.4, -0.2) is 16.0 Å². The molecule has 8 heteroatoms. The highest BCUT2D eigenvalue weighted by Crippen LogP contribution is 2.34. The number of nitro benzene ring substituents is 1. The van der Waals surface area contributed by atoms with E-state index < -0.39 is 4.92 Å². The van der Waals surface area contributed by atoms with Gasteiger partial charge in [0.2, 0.25) is 5.75 Å². The van der Waals surface area contributed by atoms with Crippen molar-refractivity contribution in [3.63, 3.8) is 0 Å². The summed E-state index contributed by atoms with van der Waals surface area (Å²) in [6, 6.07) is 10.8. The molecule has 0 saturated heterocycles. The lowest BCUT2D eigenvalue weighted by Crippen LogP contribution is -2.14. The van der Waals surface area contributed by atoms with Gasteiger partial charge < -0.3 is 15.7 Å². The molecule has 3 N–H and O–H groups in total. The largest absolute Gasteiger partial charge is 0.449 e. The van der Waals surface area contributed by atoms with E-state index in [0.717, 1.165) is 0 Å². The number of hydrogen-bond donors (Lipinski definition) is 2. The maximum absolute atomic E-state index is 11.0. The first-order valence-electron chi connectivity index (χ1n) is 5.71. The third-order valence-corrected chi connectivity index (χ3v) is 3.10. The normalized spacial score (nSPS) is 11.2. The molecule has 0 radical (unpaired) electrons. The minimum Gasteiger partial charge on any atom is -0.449 e. The molecule has 0 fully saturated rings. The monoisotopic (exact) mass is 351 g/mol. The second-order valence-corrected chi connectivity index (χ2v) is 4.87. The molecule has 21 heavy (non-hydrogen) atoms. The third kappa shape index (κ3) is 3.29. The Morgan fingerprint density at radius 3 is 2.67 bits per heavy atom. The highest BCUT2D eigenvalue weighted by molar-refractivity contribution is 9.10. The van der Waals surface area contributed by atoms with Gasteiger partial charge in [0.05, 0.1) is 10.5 Å². The Kier molecular flexibility index (Phi) is 4.39. The Labute approximate surface area is 127 Å². The summed E-state index contributed by atoms with van der Waals surface area (Å²) in [6.45, 7) is 0. The summed E-state index contributed by atoms with van der Waals surface area (Å²) in [5.74, 6) is 0.137. The van der Waals surface area contributed by atoms with Crippen LogP contribution in [0.15, 0.2) is 52.1 Å². The molecule has 0 saturated carbocycles. The number of rotatable bonds is 4. The van der Waals surface area contributed by atoms with Crippen LogP contribution in [0.3, 0.4) is 0 Å². The Morgan fingerprint density at radius 2 is 2.00 bits per heavy atom. The van der Waals surface area contributed by atoms with Gasteiger partial charge in [0.25, 0.3) is 0 Å². The lowest BCUT2D eigenvalue weighted by atomic mass is 10.2. The number of halogens is 1. The van der Waals surface area contributed by atoms with Crippen molar-refractivity contribution in [3.8, 4) is 11.5 Å². The van der Waals surface area contributed by atoms with Crippen LogP contribution >= 0.6 is 15.9 Å². The standard InChI is InChI=1S/C13H10BrN3O4/c14-8-5-6-9(13(15)16-18)12(7-8)21-11-4-2-1-3-10(11)17(19)20/h1-7,18H,(H2,15,16). The predicted octanol–water partition coefficient (Wildman–Crippen LogP) is 3.24. The van der Waals surface area contributed by atoms with Crippen LogP contribution < -0.4 is 10.5 Å². The molecule has 0 atom stereocenters. The number of para-hydroxylation sites is 2. The first kappa shape index (κ1) is 14.8. The fourth-order valence-corrected chi connectivity index (χ4v) is 2.00. The molecule has 0 spiro atoms. The number of benzene rings is 2. The average molecular weight is 352 g/mol. The van der Waals surface area contributed by atoms with E-state index in [9.17, 15) is 10.1 Å². The van der Waals surface area contributed by atoms with E-state index in [1.807, 2.05) is 0 Å². The van der Waals surface area contributed by atoms with Gasteiger partial charge in [-0.3, -0.25) is 10.1 Å². The minimum atomic E-state index is -0.545. The van der Waals surface area contributed by atoms with Crippen molar-refractivity contribution in [1.82, 2.24) is 0 Å². The summed E-state index contributed by atoms with van der Waals surface area (Å²) in [7, 11) is 0.